The van der Waals surface area contributed by atoms with Crippen LogP contribution in [-0.2, 0) is 0 Å². The minimum Gasteiger partial charge on any atom is -0.349 e. The van der Waals surface area contributed by atoms with Crippen LogP contribution in [0.4, 0.5) is 0 Å². The molecule has 1 aromatic heterocycles. The van der Waals surface area contributed by atoms with Gasteiger partial charge < -0.3 is 5.32 Å². The Morgan fingerprint density at radius 3 is 2.46 bits per heavy atom. The number of nitrogens with one attached hydrogen (secondary N) is 1. The van der Waals surface area contributed by atoms with Crippen molar-refractivity contribution in [1.29, 1.82) is 0 Å². The summed E-state index contributed by atoms with van der Waals surface area (Å²) in [6.07, 6.45) is 2.59. The number of hydrogen-bond acceptors (Lipinski definition) is 2. The number of halogens is 1. The van der Waals surface area contributed by atoms with Gasteiger partial charge in [0.1, 0.15) is 4.60 Å². The minimum atomic E-state index is -0.0903. The highest BCUT2D eigenvalue weighted by Gasteiger charge is 2.39. The summed E-state index contributed by atoms with van der Waals surface area (Å²) in [6.45, 7) is 0. The second kappa shape index (κ2) is 6.24. The van der Waals surface area contributed by atoms with Gasteiger partial charge >= 0.3 is 0 Å². The van der Waals surface area contributed by atoms with Crippen LogP contribution in [0.25, 0.3) is 5.69 Å². The number of aromatic nitrogens is 2. The molecule has 1 saturated carbocycles. The van der Waals surface area contributed by atoms with Gasteiger partial charge in [0.25, 0.3) is 5.91 Å². The van der Waals surface area contributed by atoms with E-state index in [0.717, 1.165) is 12.1 Å². The van der Waals surface area contributed by atoms with Crippen LogP contribution in [0.15, 0.2) is 71.5 Å². The molecule has 0 saturated heterocycles. The van der Waals surface area contributed by atoms with Crippen molar-refractivity contribution in [2.45, 2.75) is 18.4 Å². The van der Waals surface area contributed by atoms with Crippen LogP contribution in [-0.4, -0.2) is 21.7 Å². The Balaban J connectivity index is 1.48. The molecule has 1 fully saturated rings. The normalized spacial score (nSPS) is 19.0. The maximum absolute atomic E-state index is 12.5. The summed E-state index contributed by atoms with van der Waals surface area (Å²) in [5.74, 6) is 0.325. The van der Waals surface area contributed by atoms with Gasteiger partial charge in [-0.25, -0.2) is 4.68 Å². The number of nitrogens with zero attached hydrogens (tertiary/aromatic N) is 2. The molecule has 0 spiro atoms. The maximum atomic E-state index is 12.5. The molecular formula is C19H16BrN3O. The van der Waals surface area contributed by atoms with E-state index in [1.807, 2.05) is 48.5 Å². The van der Waals surface area contributed by atoms with Gasteiger partial charge in [0.15, 0.2) is 0 Å². The van der Waals surface area contributed by atoms with E-state index in [1.54, 1.807) is 10.9 Å². The van der Waals surface area contributed by atoms with Crippen molar-refractivity contribution in [3.8, 4) is 5.69 Å². The van der Waals surface area contributed by atoms with Crippen LogP contribution in [0, 0.1) is 0 Å². The average molecular weight is 382 g/mol. The average Bonchev–Trinajstić information content (AvgIpc) is 3.28. The molecule has 1 heterocycles. The Morgan fingerprint density at radius 2 is 1.75 bits per heavy atom. The molecule has 0 aliphatic heterocycles. The summed E-state index contributed by atoms with van der Waals surface area (Å²) in [5, 5.41) is 7.42. The van der Waals surface area contributed by atoms with Crippen LogP contribution >= 0.6 is 15.9 Å². The zero-order chi connectivity index (χ0) is 16.5. The van der Waals surface area contributed by atoms with E-state index in [1.165, 1.54) is 5.56 Å². The number of benzene rings is 2. The van der Waals surface area contributed by atoms with Crippen molar-refractivity contribution in [1.82, 2.24) is 15.1 Å². The predicted molar refractivity (Wildman–Crippen MR) is 96.3 cm³/mol. The summed E-state index contributed by atoms with van der Waals surface area (Å²) in [4.78, 5) is 12.5. The molecule has 1 N–H and O–H groups in total. The highest BCUT2D eigenvalue weighted by molar-refractivity contribution is 9.10. The predicted octanol–water partition coefficient (Wildman–Crippen LogP) is 3.92. The monoisotopic (exact) mass is 381 g/mol. The third-order valence-electron chi connectivity index (χ3n) is 4.29. The van der Waals surface area contributed by atoms with E-state index in [4.69, 9.17) is 0 Å². The Hall–Kier alpha value is -2.40. The lowest BCUT2D eigenvalue weighted by molar-refractivity contribution is 0.0949. The number of hydrogen-bond donors (Lipinski definition) is 1. The first-order chi connectivity index (χ1) is 11.7. The van der Waals surface area contributed by atoms with Gasteiger partial charge in [-0.1, -0.05) is 48.5 Å². The van der Waals surface area contributed by atoms with Crippen molar-refractivity contribution in [3.63, 3.8) is 0 Å². The zero-order valence-electron chi connectivity index (χ0n) is 12.9. The van der Waals surface area contributed by atoms with Gasteiger partial charge in [-0.2, -0.15) is 5.10 Å². The summed E-state index contributed by atoms with van der Waals surface area (Å²) in [6, 6.07) is 20.2. The van der Waals surface area contributed by atoms with Gasteiger partial charge in [0, 0.05) is 12.0 Å². The third kappa shape index (κ3) is 2.87. The highest BCUT2D eigenvalue weighted by Crippen LogP contribution is 2.40. The molecule has 120 valence electrons. The van der Waals surface area contributed by atoms with Gasteiger partial charge in [-0.3, -0.25) is 4.79 Å². The summed E-state index contributed by atoms with van der Waals surface area (Å²) < 4.78 is 2.39. The number of para-hydroxylation sites is 1. The second-order valence-corrected chi connectivity index (χ2v) is 6.68. The van der Waals surface area contributed by atoms with E-state index >= 15 is 0 Å². The van der Waals surface area contributed by atoms with Gasteiger partial charge in [-0.15, -0.1) is 0 Å². The van der Waals surface area contributed by atoms with Gasteiger partial charge in [0.05, 0.1) is 17.4 Å². The lowest BCUT2D eigenvalue weighted by atomic mass is 10.1. The van der Waals surface area contributed by atoms with Crippen LogP contribution < -0.4 is 5.32 Å². The van der Waals surface area contributed by atoms with E-state index in [0.29, 0.717) is 16.1 Å². The SMILES string of the molecule is O=C(N[C@H]1C[C@H]1c1ccccc1)c1cnn(-c2ccccc2)c1Br. The van der Waals surface area contributed by atoms with Crippen molar-refractivity contribution in [3.05, 3.63) is 82.6 Å². The molecular weight excluding hydrogens is 366 g/mol. The fourth-order valence-electron chi connectivity index (χ4n) is 2.90. The van der Waals surface area contributed by atoms with Crippen molar-refractivity contribution >= 4 is 21.8 Å². The molecule has 2 aromatic carbocycles. The Labute approximate surface area is 148 Å². The van der Waals surface area contributed by atoms with Crippen molar-refractivity contribution < 1.29 is 4.79 Å². The minimum absolute atomic E-state index is 0.0903. The molecule has 5 heteroatoms. The third-order valence-corrected chi connectivity index (χ3v) is 5.05. The quantitative estimate of drug-likeness (QED) is 0.744. The fraction of sp³-hybridized carbons (Fsp3) is 0.158. The summed E-state index contributed by atoms with van der Waals surface area (Å²) in [5.41, 5.74) is 2.75. The summed E-state index contributed by atoms with van der Waals surface area (Å²) in [7, 11) is 0. The first kappa shape index (κ1) is 15.1. The van der Waals surface area contributed by atoms with Crippen LogP contribution in [0.1, 0.15) is 28.3 Å². The van der Waals surface area contributed by atoms with E-state index in [9.17, 15) is 4.79 Å². The molecule has 2 atom stereocenters. The molecule has 0 radical (unpaired) electrons. The second-order valence-electron chi connectivity index (χ2n) is 5.93. The standard InChI is InChI=1S/C19H16BrN3O/c20-18-16(12-21-23(18)14-9-5-2-6-10-14)19(24)22-17-11-15(17)13-7-3-1-4-8-13/h1-10,12,15,17H,11H2,(H,22,24)/t15-,17-/m0/s1. The van der Waals surface area contributed by atoms with Crippen molar-refractivity contribution in [2.24, 2.45) is 0 Å². The van der Waals surface area contributed by atoms with Crippen LogP contribution in [0.2, 0.25) is 0 Å². The van der Waals surface area contributed by atoms with E-state index in [-0.39, 0.29) is 11.9 Å². The number of carbonyl (C=O) groups excluding carboxylic acids is 1. The first-order valence-corrected chi connectivity index (χ1v) is 8.68. The first-order valence-electron chi connectivity index (χ1n) is 7.89. The smallest absolute Gasteiger partial charge is 0.255 e. The topological polar surface area (TPSA) is 46.9 Å². The van der Waals surface area contributed by atoms with E-state index in [2.05, 4.69) is 38.5 Å². The molecule has 0 unspecified atom stereocenters. The van der Waals surface area contributed by atoms with Crippen molar-refractivity contribution in [2.75, 3.05) is 0 Å². The summed E-state index contributed by atoms with van der Waals surface area (Å²) >= 11 is 3.50. The maximum Gasteiger partial charge on any atom is 0.255 e. The van der Waals surface area contributed by atoms with Crippen LogP contribution in [0.5, 0.6) is 0 Å². The Bertz CT molecular complexity index is 861. The zero-order valence-corrected chi connectivity index (χ0v) is 14.5. The lowest BCUT2D eigenvalue weighted by Crippen LogP contribution is -2.26. The number of carbonyl (C=O) groups is 1. The number of rotatable bonds is 4. The molecule has 24 heavy (non-hydrogen) atoms. The molecule has 3 aromatic rings. The molecule has 1 aliphatic rings. The molecule has 1 aliphatic carbocycles. The largest absolute Gasteiger partial charge is 0.349 e. The van der Waals surface area contributed by atoms with Gasteiger partial charge in [0.2, 0.25) is 0 Å². The van der Waals surface area contributed by atoms with Gasteiger partial charge in [-0.05, 0) is 40.0 Å². The lowest BCUT2D eigenvalue weighted by Gasteiger charge is -2.05. The Morgan fingerprint density at radius 1 is 1.08 bits per heavy atom. The number of amides is 1. The fourth-order valence-corrected chi connectivity index (χ4v) is 3.48. The molecule has 4 nitrogen and oxygen atoms in total. The molecule has 4 rings (SSSR count). The van der Waals surface area contributed by atoms with Crippen LogP contribution in [0.3, 0.4) is 0 Å². The molecule has 1 amide bonds. The highest BCUT2D eigenvalue weighted by atomic mass is 79.9. The Kier molecular flexibility index (Phi) is 3.94. The van der Waals surface area contributed by atoms with E-state index < -0.39 is 0 Å². The molecule has 0 bridgehead atoms.